The minimum atomic E-state index is -0.0311. The van der Waals surface area contributed by atoms with Crippen LogP contribution in [-0.2, 0) is 13.1 Å². The molecule has 0 unspecified atom stereocenters. The molecule has 4 nitrogen and oxygen atoms in total. The number of carbonyl (C=O) groups is 1. The zero-order valence-electron chi connectivity index (χ0n) is 11.0. The molecule has 0 aliphatic carbocycles. The zero-order chi connectivity index (χ0) is 13.5. The highest BCUT2D eigenvalue weighted by Gasteiger charge is 2.14. The van der Waals surface area contributed by atoms with E-state index in [1.165, 1.54) is 4.88 Å². The molecule has 102 valence electrons. The molecule has 0 fully saturated rings. The van der Waals surface area contributed by atoms with Gasteiger partial charge in [-0.1, -0.05) is 13.0 Å². The minimum absolute atomic E-state index is 0.0311. The predicted molar refractivity (Wildman–Crippen MR) is 76.0 cm³/mol. The predicted octanol–water partition coefficient (Wildman–Crippen LogP) is 3.46. The zero-order valence-corrected chi connectivity index (χ0v) is 11.8. The van der Waals surface area contributed by atoms with E-state index in [-0.39, 0.29) is 6.03 Å². The van der Waals surface area contributed by atoms with E-state index < -0.39 is 0 Å². The number of hydrogen-bond donors (Lipinski definition) is 1. The van der Waals surface area contributed by atoms with Crippen LogP contribution < -0.4 is 5.32 Å². The second kappa shape index (κ2) is 6.99. The Kier molecular flexibility index (Phi) is 5.03. The fourth-order valence-electron chi connectivity index (χ4n) is 1.74. The van der Waals surface area contributed by atoms with Crippen LogP contribution in [-0.4, -0.2) is 17.5 Å². The number of hydrogen-bond acceptors (Lipinski definition) is 3. The summed E-state index contributed by atoms with van der Waals surface area (Å²) in [5.41, 5.74) is 1.00. The Balaban J connectivity index is 2.01. The molecule has 0 aromatic carbocycles. The molecule has 2 aromatic rings. The molecule has 0 spiro atoms. The van der Waals surface area contributed by atoms with Crippen molar-refractivity contribution in [2.45, 2.75) is 26.4 Å². The van der Waals surface area contributed by atoms with Crippen molar-refractivity contribution in [2.24, 2.45) is 0 Å². The molecule has 2 amide bonds. The molecule has 1 N–H and O–H groups in total. The van der Waals surface area contributed by atoms with Gasteiger partial charge >= 0.3 is 6.03 Å². The Hall–Kier alpha value is -1.75. The maximum atomic E-state index is 12.1. The highest BCUT2D eigenvalue weighted by molar-refractivity contribution is 7.09. The molecule has 0 atom stereocenters. The van der Waals surface area contributed by atoms with Gasteiger partial charge in [0.25, 0.3) is 0 Å². The molecule has 0 radical (unpaired) electrons. The average molecular weight is 278 g/mol. The van der Waals surface area contributed by atoms with Gasteiger partial charge in [0, 0.05) is 17.0 Å². The van der Waals surface area contributed by atoms with E-state index in [0.717, 1.165) is 12.0 Å². The van der Waals surface area contributed by atoms with Crippen LogP contribution in [0.2, 0.25) is 0 Å². The van der Waals surface area contributed by atoms with Crippen LogP contribution >= 0.6 is 11.3 Å². The molecule has 0 saturated heterocycles. The fourth-order valence-corrected chi connectivity index (χ4v) is 2.46. The number of amides is 2. The smallest absolute Gasteiger partial charge is 0.318 e. The highest BCUT2D eigenvalue weighted by atomic mass is 32.1. The Bertz CT molecular complexity index is 443. The number of furan rings is 1. The summed E-state index contributed by atoms with van der Waals surface area (Å²) < 4.78 is 5.06. The maximum absolute atomic E-state index is 12.1. The lowest BCUT2D eigenvalue weighted by atomic mass is 10.3. The van der Waals surface area contributed by atoms with Gasteiger partial charge in [-0.3, -0.25) is 0 Å². The van der Waals surface area contributed by atoms with Crippen LogP contribution in [0.4, 0.5) is 4.79 Å². The first kappa shape index (κ1) is 13.7. The lowest BCUT2D eigenvalue weighted by molar-refractivity contribution is 0.193. The summed E-state index contributed by atoms with van der Waals surface area (Å²) in [6.07, 6.45) is 4.24. The van der Waals surface area contributed by atoms with Crippen LogP contribution in [0, 0.1) is 0 Å². The summed E-state index contributed by atoms with van der Waals surface area (Å²) >= 11 is 1.66. The van der Waals surface area contributed by atoms with E-state index >= 15 is 0 Å². The van der Waals surface area contributed by atoms with Gasteiger partial charge in [-0.2, -0.15) is 0 Å². The van der Waals surface area contributed by atoms with Crippen molar-refractivity contribution >= 4 is 17.4 Å². The first-order chi connectivity index (χ1) is 9.29. The van der Waals surface area contributed by atoms with Gasteiger partial charge in [0.2, 0.25) is 0 Å². The SMILES string of the molecule is CCCNC(=O)N(Cc1ccoc1)Cc1cccs1. The van der Waals surface area contributed by atoms with Gasteiger partial charge in [0.1, 0.15) is 0 Å². The Morgan fingerprint density at radius 2 is 2.32 bits per heavy atom. The molecule has 0 aliphatic heterocycles. The minimum Gasteiger partial charge on any atom is -0.472 e. The highest BCUT2D eigenvalue weighted by Crippen LogP contribution is 2.14. The van der Waals surface area contributed by atoms with Crippen LogP contribution in [0.3, 0.4) is 0 Å². The lowest BCUT2D eigenvalue weighted by Gasteiger charge is -2.21. The van der Waals surface area contributed by atoms with Crippen molar-refractivity contribution in [3.05, 3.63) is 46.5 Å². The third-order valence-corrected chi connectivity index (χ3v) is 3.55. The van der Waals surface area contributed by atoms with Crippen LogP contribution in [0.1, 0.15) is 23.8 Å². The number of rotatable bonds is 6. The second-order valence-corrected chi connectivity index (χ2v) is 5.33. The molecule has 0 saturated carbocycles. The lowest BCUT2D eigenvalue weighted by Crippen LogP contribution is -2.39. The molecular formula is C14H18N2O2S. The molecule has 2 heterocycles. The molecule has 19 heavy (non-hydrogen) atoms. The van der Waals surface area contributed by atoms with Crippen LogP contribution in [0.5, 0.6) is 0 Å². The van der Waals surface area contributed by atoms with Crippen molar-refractivity contribution in [1.82, 2.24) is 10.2 Å². The van der Waals surface area contributed by atoms with E-state index in [2.05, 4.69) is 5.32 Å². The van der Waals surface area contributed by atoms with Crippen molar-refractivity contribution in [2.75, 3.05) is 6.54 Å². The summed E-state index contributed by atoms with van der Waals surface area (Å²) in [5.74, 6) is 0. The van der Waals surface area contributed by atoms with E-state index in [1.54, 1.807) is 28.8 Å². The monoisotopic (exact) mass is 278 g/mol. The summed E-state index contributed by atoms with van der Waals surface area (Å²) in [7, 11) is 0. The van der Waals surface area contributed by atoms with Gasteiger partial charge in [0.05, 0.1) is 25.6 Å². The Morgan fingerprint density at radius 3 is 2.95 bits per heavy atom. The fraction of sp³-hybridized carbons (Fsp3) is 0.357. The summed E-state index contributed by atoms with van der Waals surface area (Å²) in [6, 6.07) is 5.89. The number of nitrogens with zero attached hydrogens (tertiary/aromatic N) is 1. The van der Waals surface area contributed by atoms with E-state index in [9.17, 15) is 4.79 Å². The van der Waals surface area contributed by atoms with Gasteiger partial charge in [-0.15, -0.1) is 11.3 Å². The summed E-state index contributed by atoms with van der Waals surface area (Å²) in [4.78, 5) is 15.1. The van der Waals surface area contributed by atoms with Crippen LogP contribution in [0.15, 0.2) is 40.5 Å². The molecule has 0 bridgehead atoms. The number of thiophene rings is 1. The van der Waals surface area contributed by atoms with Gasteiger partial charge < -0.3 is 14.6 Å². The standard InChI is InChI=1S/C14H18N2O2S/c1-2-6-15-14(17)16(9-12-5-7-18-11-12)10-13-4-3-8-19-13/h3-5,7-8,11H,2,6,9-10H2,1H3,(H,15,17). The van der Waals surface area contributed by atoms with Crippen molar-refractivity contribution < 1.29 is 9.21 Å². The van der Waals surface area contributed by atoms with Gasteiger partial charge in [-0.05, 0) is 23.9 Å². The molecular weight excluding hydrogens is 260 g/mol. The molecule has 2 rings (SSSR count). The first-order valence-corrected chi connectivity index (χ1v) is 7.23. The van der Waals surface area contributed by atoms with E-state index in [0.29, 0.717) is 19.6 Å². The summed E-state index contributed by atoms with van der Waals surface area (Å²) in [5, 5.41) is 4.94. The second-order valence-electron chi connectivity index (χ2n) is 4.30. The topological polar surface area (TPSA) is 45.5 Å². The quantitative estimate of drug-likeness (QED) is 0.879. The number of nitrogens with one attached hydrogen (secondary N) is 1. The molecule has 0 aliphatic rings. The third-order valence-electron chi connectivity index (χ3n) is 2.69. The number of carbonyl (C=O) groups excluding carboxylic acids is 1. The molecule has 2 aromatic heterocycles. The maximum Gasteiger partial charge on any atom is 0.318 e. The van der Waals surface area contributed by atoms with Gasteiger partial charge in [0.15, 0.2) is 0 Å². The van der Waals surface area contributed by atoms with E-state index in [4.69, 9.17) is 4.42 Å². The van der Waals surface area contributed by atoms with Crippen LogP contribution in [0.25, 0.3) is 0 Å². The largest absolute Gasteiger partial charge is 0.472 e. The normalized spacial score (nSPS) is 10.4. The van der Waals surface area contributed by atoms with Crippen molar-refractivity contribution in [3.8, 4) is 0 Å². The first-order valence-electron chi connectivity index (χ1n) is 6.36. The number of urea groups is 1. The summed E-state index contributed by atoms with van der Waals surface area (Å²) in [6.45, 7) is 3.92. The Morgan fingerprint density at radius 1 is 1.42 bits per heavy atom. The average Bonchev–Trinajstić information content (AvgIpc) is 3.08. The third kappa shape index (κ3) is 4.13. The molecule has 5 heteroatoms. The Labute approximate surface area is 117 Å². The van der Waals surface area contributed by atoms with Gasteiger partial charge in [-0.25, -0.2) is 4.79 Å². The van der Waals surface area contributed by atoms with E-state index in [1.807, 2.05) is 30.5 Å². The van der Waals surface area contributed by atoms with Crippen molar-refractivity contribution in [1.29, 1.82) is 0 Å². The van der Waals surface area contributed by atoms with Crippen molar-refractivity contribution in [3.63, 3.8) is 0 Å².